The van der Waals surface area contributed by atoms with E-state index in [0.717, 1.165) is 12.1 Å². The van der Waals surface area contributed by atoms with Crippen molar-refractivity contribution in [3.63, 3.8) is 0 Å². The van der Waals surface area contributed by atoms with E-state index in [9.17, 15) is 22.8 Å². The number of carbonyl (C=O) groups is 1. The van der Waals surface area contributed by atoms with Crippen LogP contribution in [0, 0.1) is 6.92 Å². The van der Waals surface area contributed by atoms with Gasteiger partial charge in [0.05, 0.1) is 17.7 Å². The van der Waals surface area contributed by atoms with Gasteiger partial charge in [-0.15, -0.1) is 0 Å². The molecule has 1 saturated heterocycles. The van der Waals surface area contributed by atoms with E-state index < -0.39 is 23.3 Å². The van der Waals surface area contributed by atoms with Gasteiger partial charge in [0.2, 0.25) is 0 Å². The Morgan fingerprint density at radius 1 is 1.30 bits per heavy atom. The van der Waals surface area contributed by atoms with Crippen molar-refractivity contribution < 1.29 is 27.4 Å². The number of fused-ring (bicyclic) bond motifs is 1. The summed E-state index contributed by atoms with van der Waals surface area (Å²) in [6.07, 6.45) is -3.56. The van der Waals surface area contributed by atoms with Crippen LogP contribution in [-0.4, -0.2) is 30.4 Å². The highest BCUT2D eigenvalue weighted by atomic mass is 19.4. The van der Waals surface area contributed by atoms with E-state index >= 15 is 0 Å². The summed E-state index contributed by atoms with van der Waals surface area (Å²) in [5.74, 6) is -0.761. The molecule has 146 valence electrons. The maximum atomic E-state index is 13.2. The van der Waals surface area contributed by atoms with E-state index in [2.05, 4.69) is 0 Å². The molecule has 0 aliphatic carbocycles. The van der Waals surface area contributed by atoms with Crippen molar-refractivity contribution in [3.8, 4) is 0 Å². The molecule has 1 aliphatic heterocycles. The summed E-state index contributed by atoms with van der Waals surface area (Å²) in [5, 5.41) is 0.428. The van der Waals surface area contributed by atoms with E-state index in [4.69, 9.17) is 9.47 Å². The maximum Gasteiger partial charge on any atom is 0.416 e. The first kappa shape index (κ1) is 19.4. The van der Waals surface area contributed by atoms with Crippen molar-refractivity contribution in [2.45, 2.75) is 38.9 Å². The smallest absolute Gasteiger partial charge is 0.416 e. The second kappa shape index (κ2) is 7.34. The fourth-order valence-corrected chi connectivity index (χ4v) is 3.50. The standard InChI is InChI=1S/C19H20F3NO4/c1-3-27-18(25)16-11(2)14-5-4-12(19(20,21)22)10-15(14)23(17(16)24)13-6-8-26-9-7-13/h4-5,10,13H,3,6-9H2,1-2H3. The lowest BCUT2D eigenvalue weighted by Crippen LogP contribution is -2.34. The Morgan fingerprint density at radius 3 is 2.56 bits per heavy atom. The molecule has 1 fully saturated rings. The Kier molecular flexibility index (Phi) is 5.28. The first-order valence-electron chi connectivity index (χ1n) is 8.76. The Morgan fingerprint density at radius 2 is 1.96 bits per heavy atom. The van der Waals surface area contributed by atoms with Crippen molar-refractivity contribution >= 4 is 16.9 Å². The zero-order chi connectivity index (χ0) is 19.8. The van der Waals surface area contributed by atoms with E-state index in [1.54, 1.807) is 13.8 Å². The van der Waals surface area contributed by atoms with E-state index in [1.165, 1.54) is 10.6 Å². The molecule has 0 spiro atoms. The van der Waals surface area contributed by atoms with Crippen LogP contribution in [0.4, 0.5) is 13.2 Å². The number of esters is 1. The molecule has 0 bridgehead atoms. The molecule has 1 aromatic heterocycles. The third kappa shape index (κ3) is 3.58. The lowest BCUT2D eigenvalue weighted by molar-refractivity contribution is -0.137. The molecule has 0 radical (unpaired) electrons. The molecule has 2 aromatic rings. The minimum absolute atomic E-state index is 0.0973. The maximum absolute atomic E-state index is 13.2. The molecule has 0 atom stereocenters. The fourth-order valence-electron chi connectivity index (χ4n) is 3.50. The second-order valence-electron chi connectivity index (χ2n) is 6.47. The SMILES string of the molecule is CCOC(=O)c1c(C)c2ccc(C(F)(F)F)cc2n(C2CCOCC2)c1=O. The quantitative estimate of drug-likeness (QED) is 0.756. The fraction of sp³-hybridized carbons (Fsp3) is 0.474. The van der Waals surface area contributed by atoms with Gasteiger partial charge in [-0.3, -0.25) is 4.79 Å². The molecule has 1 aromatic carbocycles. The Labute approximate surface area is 153 Å². The number of hydrogen-bond donors (Lipinski definition) is 0. The Hall–Kier alpha value is -2.35. The number of halogens is 3. The van der Waals surface area contributed by atoms with Crippen molar-refractivity contribution in [2.24, 2.45) is 0 Å². The van der Waals surface area contributed by atoms with Crippen molar-refractivity contribution in [1.82, 2.24) is 4.57 Å². The van der Waals surface area contributed by atoms with Gasteiger partial charge in [0.15, 0.2) is 0 Å². The molecule has 27 heavy (non-hydrogen) atoms. The first-order valence-corrected chi connectivity index (χ1v) is 8.76. The molecule has 1 aliphatic rings. The van der Waals surface area contributed by atoms with Gasteiger partial charge in [-0.25, -0.2) is 4.79 Å². The molecule has 0 saturated carbocycles. The van der Waals surface area contributed by atoms with Crippen LogP contribution in [0.15, 0.2) is 23.0 Å². The van der Waals surface area contributed by atoms with Crippen LogP contribution < -0.4 is 5.56 Å². The normalized spacial score (nSPS) is 15.9. The van der Waals surface area contributed by atoms with Gasteiger partial charge in [0.25, 0.3) is 5.56 Å². The highest BCUT2D eigenvalue weighted by Gasteiger charge is 2.32. The summed E-state index contributed by atoms with van der Waals surface area (Å²) < 4.78 is 51.3. The summed E-state index contributed by atoms with van der Waals surface area (Å²) >= 11 is 0. The summed E-state index contributed by atoms with van der Waals surface area (Å²) in [5.41, 5.74) is -1.09. The molecular weight excluding hydrogens is 363 g/mol. The van der Waals surface area contributed by atoms with Gasteiger partial charge >= 0.3 is 12.1 Å². The summed E-state index contributed by atoms with van der Waals surface area (Å²) in [6, 6.07) is 2.91. The molecule has 8 heteroatoms. The van der Waals surface area contributed by atoms with Crippen molar-refractivity contribution in [3.05, 3.63) is 45.2 Å². The lowest BCUT2D eigenvalue weighted by Gasteiger charge is -2.27. The van der Waals surface area contributed by atoms with Gasteiger partial charge in [-0.1, -0.05) is 6.07 Å². The zero-order valence-electron chi connectivity index (χ0n) is 15.1. The van der Waals surface area contributed by atoms with Crippen LogP contribution in [0.25, 0.3) is 10.9 Å². The third-order valence-electron chi connectivity index (χ3n) is 4.83. The first-order chi connectivity index (χ1) is 12.8. The monoisotopic (exact) mass is 383 g/mol. The van der Waals surface area contributed by atoms with Gasteiger partial charge < -0.3 is 14.0 Å². The lowest BCUT2D eigenvalue weighted by atomic mass is 9.99. The number of benzene rings is 1. The largest absolute Gasteiger partial charge is 0.462 e. The second-order valence-corrected chi connectivity index (χ2v) is 6.47. The van der Waals surface area contributed by atoms with Crippen LogP contribution in [0.1, 0.15) is 47.3 Å². The van der Waals surface area contributed by atoms with Gasteiger partial charge in [-0.2, -0.15) is 13.2 Å². The minimum Gasteiger partial charge on any atom is -0.462 e. The predicted octanol–water partition coefficient (Wildman–Crippen LogP) is 3.86. The number of aryl methyl sites for hydroxylation is 1. The summed E-state index contributed by atoms with van der Waals surface area (Å²) in [7, 11) is 0. The van der Waals surface area contributed by atoms with Crippen LogP contribution in [0.5, 0.6) is 0 Å². The average molecular weight is 383 g/mol. The van der Waals surface area contributed by atoms with Crippen LogP contribution in [0.3, 0.4) is 0 Å². The van der Waals surface area contributed by atoms with Crippen LogP contribution in [-0.2, 0) is 15.7 Å². The molecule has 0 amide bonds. The summed E-state index contributed by atoms with van der Waals surface area (Å²) in [4.78, 5) is 25.5. The van der Waals surface area contributed by atoms with E-state index in [1.807, 2.05) is 0 Å². The van der Waals surface area contributed by atoms with Gasteiger partial charge in [0, 0.05) is 24.6 Å². The number of nitrogens with zero attached hydrogens (tertiary/aromatic N) is 1. The molecule has 5 nitrogen and oxygen atoms in total. The number of pyridine rings is 1. The highest BCUT2D eigenvalue weighted by molar-refractivity contribution is 5.97. The van der Waals surface area contributed by atoms with Gasteiger partial charge in [0.1, 0.15) is 5.56 Å². The summed E-state index contributed by atoms with van der Waals surface area (Å²) in [6.45, 7) is 4.08. The Balaban J connectivity index is 2.34. The van der Waals surface area contributed by atoms with Crippen LogP contribution in [0.2, 0.25) is 0 Å². The molecule has 0 unspecified atom stereocenters. The third-order valence-corrected chi connectivity index (χ3v) is 4.83. The average Bonchev–Trinajstić information content (AvgIpc) is 2.62. The molecule has 0 N–H and O–H groups in total. The number of alkyl halides is 3. The van der Waals surface area contributed by atoms with Crippen molar-refractivity contribution in [2.75, 3.05) is 19.8 Å². The topological polar surface area (TPSA) is 57.5 Å². The number of carbonyl (C=O) groups excluding carboxylic acids is 1. The number of hydrogen-bond acceptors (Lipinski definition) is 4. The molecule has 2 heterocycles. The molecule has 3 rings (SSSR count). The highest BCUT2D eigenvalue weighted by Crippen LogP contribution is 2.34. The predicted molar refractivity (Wildman–Crippen MR) is 93.0 cm³/mol. The van der Waals surface area contributed by atoms with Crippen LogP contribution >= 0.6 is 0 Å². The number of rotatable bonds is 3. The zero-order valence-corrected chi connectivity index (χ0v) is 15.1. The number of ether oxygens (including phenoxy) is 2. The number of aromatic nitrogens is 1. The van der Waals surface area contributed by atoms with E-state index in [-0.39, 0.29) is 23.7 Å². The van der Waals surface area contributed by atoms with E-state index in [0.29, 0.717) is 37.0 Å². The Bertz CT molecular complexity index is 927. The van der Waals surface area contributed by atoms with Crippen molar-refractivity contribution in [1.29, 1.82) is 0 Å². The minimum atomic E-state index is -4.53. The molecular formula is C19H20F3NO4. The van der Waals surface area contributed by atoms with Gasteiger partial charge in [-0.05, 0) is 44.4 Å².